The Hall–Kier alpha value is -0.850. The number of ether oxygens (including phenoxy) is 1. The average molecular weight is 369 g/mol. The highest BCUT2D eigenvalue weighted by atomic mass is 16.5. The molecule has 1 saturated heterocycles. The summed E-state index contributed by atoms with van der Waals surface area (Å²) in [6.07, 6.45) is 9.53. The van der Waals surface area contributed by atoms with Crippen LogP contribution in [0, 0.1) is 5.92 Å². The maximum atomic E-state index is 10.7. The van der Waals surface area contributed by atoms with Gasteiger partial charge in [0.05, 0.1) is 25.4 Å². The van der Waals surface area contributed by atoms with Gasteiger partial charge >= 0.3 is 0 Å². The van der Waals surface area contributed by atoms with Crippen molar-refractivity contribution in [1.82, 2.24) is 15.5 Å². The molecule has 0 aromatic heterocycles. The molecule has 0 aromatic carbocycles. The molecule has 0 radical (unpaired) electrons. The molecule has 152 valence electrons. The van der Waals surface area contributed by atoms with E-state index in [-0.39, 0.29) is 0 Å². The lowest BCUT2D eigenvalue weighted by Gasteiger charge is -2.33. The summed E-state index contributed by atoms with van der Waals surface area (Å²) in [6.45, 7) is 10.1. The molecule has 2 fully saturated rings. The highest BCUT2D eigenvalue weighted by molar-refractivity contribution is 5.79. The van der Waals surface area contributed by atoms with Gasteiger partial charge in [-0.15, -0.1) is 0 Å². The van der Waals surface area contributed by atoms with Gasteiger partial charge in [-0.2, -0.15) is 0 Å². The Bertz CT molecular complexity index is 401. The minimum absolute atomic E-state index is 0.407. The second kappa shape index (κ2) is 11.8. The Morgan fingerprint density at radius 1 is 1.12 bits per heavy atom. The van der Waals surface area contributed by atoms with Crippen LogP contribution in [0.5, 0.6) is 0 Å². The normalized spacial score (nSPS) is 23.7. The summed E-state index contributed by atoms with van der Waals surface area (Å²) in [4.78, 5) is 6.92. The zero-order chi connectivity index (χ0) is 18.7. The van der Waals surface area contributed by atoms with Crippen molar-refractivity contribution in [3.63, 3.8) is 0 Å². The molecule has 2 rings (SSSR count). The molecule has 1 aliphatic heterocycles. The van der Waals surface area contributed by atoms with E-state index in [4.69, 9.17) is 4.74 Å². The molecule has 2 aliphatic rings. The average Bonchev–Trinajstić information content (AvgIpc) is 2.59. The van der Waals surface area contributed by atoms with Crippen LogP contribution < -0.4 is 10.6 Å². The van der Waals surface area contributed by atoms with Crippen molar-refractivity contribution < 1.29 is 9.84 Å². The summed E-state index contributed by atoms with van der Waals surface area (Å²) in [5.74, 6) is 1.57. The maximum Gasteiger partial charge on any atom is 0.191 e. The molecule has 1 saturated carbocycles. The van der Waals surface area contributed by atoms with Gasteiger partial charge in [-0.1, -0.05) is 32.1 Å². The van der Waals surface area contributed by atoms with E-state index in [0.717, 1.165) is 51.3 Å². The summed E-state index contributed by atoms with van der Waals surface area (Å²) in [5, 5.41) is 17.6. The largest absolute Gasteiger partial charge is 0.387 e. The van der Waals surface area contributed by atoms with Crippen LogP contribution in [0.3, 0.4) is 0 Å². The number of guanidine groups is 1. The summed E-state index contributed by atoms with van der Waals surface area (Å²) in [6, 6.07) is 0. The smallest absolute Gasteiger partial charge is 0.191 e. The molecule has 1 heterocycles. The first-order chi connectivity index (χ1) is 12.6. The highest BCUT2D eigenvalue weighted by Crippen LogP contribution is 2.21. The quantitative estimate of drug-likeness (QED) is 0.474. The number of β-amino-alcohol motifs (C(OH)–C–C–N with tert-alkyl or cyclic N) is 1. The Labute approximate surface area is 159 Å². The molecule has 1 aliphatic carbocycles. The van der Waals surface area contributed by atoms with Gasteiger partial charge in [0.1, 0.15) is 0 Å². The maximum absolute atomic E-state index is 10.7. The molecule has 1 atom stereocenters. The van der Waals surface area contributed by atoms with E-state index >= 15 is 0 Å². The number of morpholine rings is 1. The van der Waals surface area contributed by atoms with Crippen molar-refractivity contribution in [1.29, 1.82) is 0 Å². The van der Waals surface area contributed by atoms with E-state index < -0.39 is 5.60 Å². The Kier molecular flexibility index (Phi) is 9.72. The van der Waals surface area contributed by atoms with E-state index in [9.17, 15) is 5.11 Å². The van der Waals surface area contributed by atoms with Gasteiger partial charge in [-0.3, -0.25) is 9.89 Å². The minimum atomic E-state index is -0.820. The second-order valence-corrected chi connectivity index (χ2v) is 8.17. The van der Waals surface area contributed by atoms with Crippen molar-refractivity contribution in [3.8, 4) is 0 Å². The molecule has 1 unspecified atom stereocenters. The van der Waals surface area contributed by atoms with Gasteiger partial charge in [0, 0.05) is 32.7 Å². The molecule has 6 heteroatoms. The van der Waals surface area contributed by atoms with E-state index in [1.807, 2.05) is 6.92 Å². The topological polar surface area (TPSA) is 69.1 Å². The van der Waals surface area contributed by atoms with Crippen LogP contribution in [-0.2, 0) is 4.74 Å². The van der Waals surface area contributed by atoms with E-state index in [1.165, 1.54) is 44.9 Å². The first-order valence-corrected chi connectivity index (χ1v) is 10.6. The fourth-order valence-electron chi connectivity index (χ4n) is 3.87. The first-order valence-electron chi connectivity index (χ1n) is 10.6. The molecule has 3 N–H and O–H groups in total. The predicted octanol–water partition coefficient (Wildman–Crippen LogP) is 1.99. The molecule has 6 nitrogen and oxygen atoms in total. The Balaban J connectivity index is 1.79. The van der Waals surface area contributed by atoms with E-state index in [0.29, 0.717) is 13.1 Å². The molecule has 0 aromatic rings. The van der Waals surface area contributed by atoms with Crippen molar-refractivity contribution in [2.75, 3.05) is 52.5 Å². The number of aliphatic hydroxyl groups is 1. The Morgan fingerprint density at radius 2 is 1.77 bits per heavy atom. The fraction of sp³-hybridized carbons (Fsp3) is 0.950. The highest BCUT2D eigenvalue weighted by Gasteiger charge is 2.25. The van der Waals surface area contributed by atoms with Crippen LogP contribution in [0.25, 0.3) is 0 Å². The zero-order valence-corrected chi connectivity index (χ0v) is 16.9. The summed E-state index contributed by atoms with van der Waals surface area (Å²) in [7, 11) is 0. The number of aliphatic imine (C=N–C) groups is 1. The van der Waals surface area contributed by atoms with Crippen molar-refractivity contribution in [2.45, 2.75) is 64.4 Å². The van der Waals surface area contributed by atoms with Gasteiger partial charge < -0.3 is 20.5 Å². The van der Waals surface area contributed by atoms with Crippen LogP contribution >= 0.6 is 0 Å². The lowest BCUT2D eigenvalue weighted by atomic mass is 9.91. The summed E-state index contributed by atoms with van der Waals surface area (Å²) < 4.78 is 5.38. The van der Waals surface area contributed by atoms with Gasteiger partial charge in [0.25, 0.3) is 0 Å². The number of rotatable bonds is 7. The summed E-state index contributed by atoms with van der Waals surface area (Å²) >= 11 is 0. The number of hydrogen-bond donors (Lipinski definition) is 3. The SMILES string of the molecule is CCNC(=NCC(C)(O)CN1CCOCC1)NCC1CCCCCCC1. The molecular formula is C20H40N4O2. The standard InChI is InChI=1S/C20H40N4O2/c1-3-21-19(22-15-18-9-7-5-4-6-8-10-18)23-16-20(2,25)17-24-11-13-26-14-12-24/h18,25H,3-17H2,1-2H3,(H2,21,22,23). The first kappa shape index (κ1) is 21.5. The monoisotopic (exact) mass is 368 g/mol. The zero-order valence-electron chi connectivity index (χ0n) is 16.9. The van der Waals surface area contributed by atoms with Crippen molar-refractivity contribution >= 4 is 5.96 Å². The van der Waals surface area contributed by atoms with Crippen LogP contribution in [0.1, 0.15) is 58.8 Å². The number of nitrogens with one attached hydrogen (secondary N) is 2. The second-order valence-electron chi connectivity index (χ2n) is 8.17. The van der Waals surface area contributed by atoms with Crippen LogP contribution in [0.4, 0.5) is 0 Å². The van der Waals surface area contributed by atoms with Crippen molar-refractivity contribution in [2.24, 2.45) is 10.9 Å². The van der Waals surface area contributed by atoms with Gasteiger partial charge in [-0.25, -0.2) is 0 Å². The van der Waals surface area contributed by atoms with E-state index in [2.05, 4.69) is 27.4 Å². The number of hydrogen-bond acceptors (Lipinski definition) is 4. The van der Waals surface area contributed by atoms with E-state index in [1.54, 1.807) is 0 Å². The third kappa shape index (κ3) is 8.69. The van der Waals surface area contributed by atoms with Gasteiger partial charge in [0.15, 0.2) is 5.96 Å². The minimum Gasteiger partial charge on any atom is -0.387 e. The molecule has 0 amide bonds. The van der Waals surface area contributed by atoms with Gasteiger partial charge in [-0.05, 0) is 32.6 Å². The van der Waals surface area contributed by atoms with Crippen LogP contribution in [0.2, 0.25) is 0 Å². The van der Waals surface area contributed by atoms with Crippen LogP contribution in [-0.4, -0.2) is 74.0 Å². The lowest BCUT2D eigenvalue weighted by molar-refractivity contribution is -0.0180. The van der Waals surface area contributed by atoms with Gasteiger partial charge in [0.2, 0.25) is 0 Å². The third-order valence-electron chi connectivity index (χ3n) is 5.37. The third-order valence-corrected chi connectivity index (χ3v) is 5.37. The lowest BCUT2D eigenvalue weighted by Crippen LogP contribution is -2.48. The Morgan fingerprint density at radius 3 is 2.42 bits per heavy atom. The molecule has 26 heavy (non-hydrogen) atoms. The van der Waals surface area contributed by atoms with Crippen LogP contribution in [0.15, 0.2) is 4.99 Å². The molecule has 0 spiro atoms. The molecule has 0 bridgehead atoms. The van der Waals surface area contributed by atoms with Crippen molar-refractivity contribution in [3.05, 3.63) is 0 Å². The fourth-order valence-corrected chi connectivity index (χ4v) is 3.87. The summed E-state index contributed by atoms with van der Waals surface area (Å²) in [5.41, 5.74) is -0.820. The predicted molar refractivity (Wildman–Crippen MR) is 108 cm³/mol. The molecular weight excluding hydrogens is 328 g/mol. The number of nitrogens with zero attached hydrogens (tertiary/aromatic N) is 2.